The van der Waals surface area contributed by atoms with E-state index in [4.69, 9.17) is 0 Å². The third-order valence-corrected chi connectivity index (χ3v) is 3.49. The molecule has 0 spiro atoms. The maximum Gasteiger partial charge on any atom is 0.283 e. The molecule has 0 saturated carbocycles. The zero-order valence-corrected chi connectivity index (χ0v) is 12.0. The van der Waals surface area contributed by atoms with Crippen LogP contribution in [0.4, 0.5) is 5.69 Å². The van der Waals surface area contributed by atoms with Crippen molar-refractivity contribution < 1.29 is 14.5 Å². The van der Waals surface area contributed by atoms with E-state index in [9.17, 15) is 19.7 Å². The zero-order valence-electron chi connectivity index (χ0n) is 10.4. The molecule has 1 aromatic carbocycles. The van der Waals surface area contributed by atoms with Crippen molar-refractivity contribution in [1.82, 2.24) is 10.6 Å². The minimum atomic E-state index is -0.600. The van der Waals surface area contributed by atoms with Gasteiger partial charge in [-0.1, -0.05) is 15.9 Å². The summed E-state index contributed by atoms with van der Waals surface area (Å²) in [5, 5.41) is 16.2. The Bertz CT molecular complexity index is 576. The van der Waals surface area contributed by atoms with Crippen LogP contribution in [-0.4, -0.2) is 29.3 Å². The van der Waals surface area contributed by atoms with Crippen LogP contribution in [0.15, 0.2) is 22.7 Å². The monoisotopic (exact) mass is 341 g/mol. The highest BCUT2D eigenvalue weighted by Crippen LogP contribution is 2.23. The summed E-state index contributed by atoms with van der Waals surface area (Å²) in [6.07, 6.45) is 1.10. The second-order valence-corrected chi connectivity index (χ2v) is 5.35. The standard InChI is InChI=1S/C12H12BrN3O4/c13-7-1-3-9(10(5-7)16(19)20)12(18)14-6-8-2-4-11(17)15-8/h1,3,5,8H,2,4,6H2,(H,14,18)(H,15,17)/t8-/m0/s1. The summed E-state index contributed by atoms with van der Waals surface area (Å²) in [6.45, 7) is 0.262. The first-order valence-corrected chi connectivity index (χ1v) is 6.78. The predicted octanol–water partition coefficient (Wildman–Crippen LogP) is 1.37. The van der Waals surface area contributed by atoms with Crippen LogP contribution in [0.25, 0.3) is 0 Å². The number of rotatable bonds is 4. The summed E-state index contributed by atoms with van der Waals surface area (Å²) in [7, 11) is 0. The topological polar surface area (TPSA) is 101 Å². The molecule has 1 saturated heterocycles. The number of hydrogen-bond donors (Lipinski definition) is 2. The van der Waals surface area contributed by atoms with E-state index in [1.807, 2.05) is 0 Å². The van der Waals surface area contributed by atoms with Gasteiger partial charge in [0.05, 0.1) is 4.92 Å². The van der Waals surface area contributed by atoms with Crippen molar-refractivity contribution in [2.75, 3.05) is 6.54 Å². The molecular formula is C12H12BrN3O4. The van der Waals surface area contributed by atoms with Crippen LogP contribution in [-0.2, 0) is 4.79 Å². The molecule has 8 heteroatoms. The van der Waals surface area contributed by atoms with Crippen molar-refractivity contribution in [3.63, 3.8) is 0 Å². The Balaban J connectivity index is 2.05. The molecule has 106 valence electrons. The summed E-state index contributed by atoms with van der Waals surface area (Å²) in [5.41, 5.74) is -0.255. The van der Waals surface area contributed by atoms with Crippen LogP contribution in [0.3, 0.4) is 0 Å². The minimum absolute atomic E-state index is 0.00234. The number of carbonyl (C=O) groups is 2. The number of nitrogens with one attached hydrogen (secondary N) is 2. The molecular weight excluding hydrogens is 330 g/mol. The second-order valence-electron chi connectivity index (χ2n) is 4.43. The fourth-order valence-electron chi connectivity index (χ4n) is 1.99. The fraction of sp³-hybridized carbons (Fsp3) is 0.333. The quantitative estimate of drug-likeness (QED) is 0.637. The maximum absolute atomic E-state index is 12.0. The molecule has 0 aromatic heterocycles. The van der Waals surface area contributed by atoms with Crippen molar-refractivity contribution in [3.8, 4) is 0 Å². The molecule has 1 atom stereocenters. The summed E-state index contributed by atoms with van der Waals surface area (Å²) in [6, 6.07) is 4.14. The third-order valence-electron chi connectivity index (χ3n) is 3.00. The molecule has 0 unspecified atom stereocenters. The number of amides is 2. The predicted molar refractivity (Wildman–Crippen MR) is 74.3 cm³/mol. The first-order chi connectivity index (χ1) is 9.47. The van der Waals surface area contributed by atoms with Crippen molar-refractivity contribution in [2.45, 2.75) is 18.9 Å². The number of hydrogen-bond acceptors (Lipinski definition) is 4. The molecule has 2 N–H and O–H groups in total. The molecule has 0 bridgehead atoms. The second kappa shape index (κ2) is 6.00. The van der Waals surface area contributed by atoms with Crippen LogP contribution in [0.2, 0.25) is 0 Å². The number of nitro benzene ring substituents is 1. The average Bonchev–Trinajstić information content (AvgIpc) is 2.81. The van der Waals surface area contributed by atoms with Crippen LogP contribution >= 0.6 is 15.9 Å². The van der Waals surface area contributed by atoms with Gasteiger partial charge in [-0.15, -0.1) is 0 Å². The maximum atomic E-state index is 12.0. The van der Waals surface area contributed by atoms with E-state index in [0.29, 0.717) is 17.3 Å². The molecule has 2 amide bonds. The van der Waals surface area contributed by atoms with E-state index in [2.05, 4.69) is 26.6 Å². The van der Waals surface area contributed by atoms with Gasteiger partial charge < -0.3 is 10.6 Å². The lowest BCUT2D eigenvalue weighted by atomic mass is 10.1. The summed E-state index contributed by atoms with van der Waals surface area (Å²) < 4.78 is 0.531. The van der Waals surface area contributed by atoms with Gasteiger partial charge in [0.15, 0.2) is 0 Å². The molecule has 0 aliphatic carbocycles. The lowest BCUT2D eigenvalue weighted by molar-refractivity contribution is -0.385. The summed E-state index contributed by atoms with van der Waals surface area (Å²) >= 11 is 3.13. The SMILES string of the molecule is O=C1CC[C@@H](CNC(=O)c2ccc(Br)cc2[N+](=O)[O-])N1. The van der Waals surface area contributed by atoms with E-state index in [1.54, 1.807) is 6.07 Å². The van der Waals surface area contributed by atoms with Crippen molar-refractivity contribution in [2.24, 2.45) is 0 Å². The highest BCUT2D eigenvalue weighted by molar-refractivity contribution is 9.10. The molecule has 0 radical (unpaired) electrons. The van der Waals surface area contributed by atoms with Crippen molar-refractivity contribution in [3.05, 3.63) is 38.3 Å². The fourth-order valence-corrected chi connectivity index (χ4v) is 2.34. The Morgan fingerprint density at radius 1 is 1.55 bits per heavy atom. The van der Waals surface area contributed by atoms with Crippen molar-refractivity contribution >= 4 is 33.4 Å². The van der Waals surface area contributed by atoms with E-state index in [-0.39, 0.29) is 29.7 Å². The molecule has 2 rings (SSSR count). The molecule has 1 fully saturated rings. The summed E-state index contributed by atoms with van der Waals surface area (Å²) in [5.74, 6) is -0.566. The van der Waals surface area contributed by atoms with Crippen LogP contribution in [0, 0.1) is 10.1 Å². The lowest BCUT2D eigenvalue weighted by Crippen LogP contribution is -2.38. The van der Waals surface area contributed by atoms with Gasteiger partial charge >= 0.3 is 0 Å². The number of carbonyl (C=O) groups excluding carboxylic acids is 2. The Morgan fingerprint density at radius 2 is 2.30 bits per heavy atom. The van der Waals surface area contributed by atoms with Gasteiger partial charge in [-0.3, -0.25) is 19.7 Å². The van der Waals surface area contributed by atoms with Crippen molar-refractivity contribution in [1.29, 1.82) is 0 Å². The Labute approximate surface area is 123 Å². The summed E-state index contributed by atoms with van der Waals surface area (Å²) in [4.78, 5) is 33.3. The molecule has 7 nitrogen and oxygen atoms in total. The van der Waals surface area contributed by atoms with Crippen LogP contribution in [0.1, 0.15) is 23.2 Å². The Hall–Kier alpha value is -1.96. The largest absolute Gasteiger partial charge is 0.352 e. The van der Waals surface area contributed by atoms with E-state index in [0.717, 1.165) is 0 Å². The smallest absolute Gasteiger partial charge is 0.283 e. The Kier molecular flexibility index (Phi) is 4.33. The lowest BCUT2D eigenvalue weighted by Gasteiger charge is -2.11. The van der Waals surface area contributed by atoms with Crippen LogP contribution in [0.5, 0.6) is 0 Å². The zero-order chi connectivity index (χ0) is 14.7. The van der Waals surface area contributed by atoms with Crippen LogP contribution < -0.4 is 10.6 Å². The van der Waals surface area contributed by atoms with E-state index in [1.165, 1.54) is 12.1 Å². The first kappa shape index (κ1) is 14.4. The molecule has 20 heavy (non-hydrogen) atoms. The van der Waals surface area contributed by atoms with Gasteiger partial charge in [-0.05, 0) is 18.6 Å². The average molecular weight is 342 g/mol. The minimum Gasteiger partial charge on any atom is -0.352 e. The van der Waals surface area contributed by atoms with Gasteiger partial charge in [-0.25, -0.2) is 0 Å². The van der Waals surface area contributed by atoms with Gasteiger partial charge in [-0.2, -0.15) is 0 Å². The van der Waals surface area contributed by atoms with Gasteiger partial charge in [0.1, 0.15) is 5.56 Å². The highest BCUT2D eigenvalue weighted by Gasteiger charge is 2.24. The Morgan fingerprint density at radius 3 is 2.90 bits per heavy atom. The first-order valence-electron chi connectivity index (χ1n) is 5.99. The van der Waals surface area contributed by atoms with E-state index < -0.39 is 10.8 Å². The molecule has 1 heterocycles. The van der Waals surface area contributed by atoms with Gasteiger partial charge in [0, 0.05) is 29.5 Å². The van der Waals surface area contributed by atoms with E-state index >= 15 is 0 Å². The third kappa shape index (κ3) is 3.32. The normalized spacial score (nSPS) is 17.6. The number of nitrogens with zero attached hydrogens (tertiary/aromatic N) is 1. The van der Waals surface area contributed by atoms with Gasteiger partial charge in [0.2, 0.25) is 5.91 Å². The number of benzene rings is 1. The number of nitro groups is 1. The van der Waals surface area contributed by atoms with Gasteiger partial charge in [0.25, 0.3) is 11.6 Å². The molecule has 1 aliphatic heterocycles. The number of halogens is 1. The molecule has 1 aromatic rings. The molecule has 1 aliphatic rings. The highest BCUT2D eigenvalue weighted by atomic mass is 79.9.